The first-order valence-corrected chi connectivity index (χ1v) is 11.1. The van der Waals surface area contributed by atoms with Crippen LogP contribution in [0.15, 0.2) is 67.0 Å². The van der Waals surface area contributed by atoms with E-state index in [2.05, 4.69) is 44.2 Å². The quantitative estimate of drug-likeness (QED) is 0.591. The van der Waals surface area contributed by atoms with Crippen LogP contribution in [-0.4, -0.2) is 30.7 Å². The van der Waals surface area contributed by atoms with Gasteiger partial charge in [-0.15, -0.1) is 0 Å². The smallest absolute Gasteiger partial charge is 0.170 e. The van der Waals surface area contributed by atoms with Crippen molar-refractivity contribution in [3.8, 4) is 11.4 Å². The number of aromatic nitrogens is 2. The number of pyridine rings is 1. The van der Waals surface area contributed by atoms with E-state index in [-0.39, 0.29) is 17.8 Å². The van der Waals surface area contributed by atoms with Gasteiger partial charge in [-0.3, -0.25) is 4.98 Å². The highest BCUT2D eigenvalue weighted by molar-refractivity contribution is 7.80. The average Bonchev–Trinajstić information content (AvgIpc) is 3.40. The summed E-state index contributed by atoms with van der Waals surface area (Å²) in [5.74, 6) is 0.270. The molecule has 1 saturated heterocycles. The molecule has 2 atom stereocenters. The number of aromatic hydroxyl groups is 1. The standard InChI is InChI=1S/C24H26N4OS/c29-19-13-11-17(12-14-19)27-16-6-10-21(27)23-22(20-9-4-5-15-25-20)26-24(30)28(23)18-7-2-1-3-8-18/h4-6,9-16,18,22-23,29H,1-3,7-8H2,(H,26,30)/t22-,23+/m0/s1. The van der Waals surface area contributed by atoms with E-state index in [0.29, 0.717) is 6.04 Å². The van der Waals surface area contributed by atoms with Crippen LogP contribution in [0.4, 0.5) is 0 Å². The van der Waals surface area contributed by atoms with E-state index in [0.717, 1.165) is 16.5 Å². The molecule has 0 amide bonds. The van der Waals surface area contributed by atoms with Crippen molar-refractivity contribution in [1.29, 1.82) is 0 Å². The van der Waals surface area contributed by atoms with Gasteiger partial charge < -0.3 is 19.9 Å². The van der Waals surface area contributed by atoms with Crippen molar-refractivity contribution in [3.05, 3.63) is 78.4 Å². The first-order valence-electron chi connectivity index (χ1n) is 10.7. The number of phenols is 1. The molecule has 1 saturated carbocycles. The van der Waals surface area contributed by atoms with Gasteiger partial charge in [0.05, 0.1) is 17.8 Å². The molecule has 5 nitrogen and oxygen atoms in total. The van der Waals surface area contributed by atoms with E-state index in [9.17, 15) is 5.11 Å². The van der Waals surface area contributed by atoms with Gasteiger partial charge in [0.1, 0.15) is 5.75 Å². The third kappa shape index (κ3) is 3.45. The third-order valence-corrected chi connectivity index (χ3v) is 6.64. The highest BCUT2D eigenvalue weighted by Gasteiger charge is 2.44. The Kier molecular flexibility index (Phi) is 5.17. The number of phenolic OH excluding ortho intramolecular Hbond substituents is 1. The summed E-state index contributed by atoms with van der Waals surface area (Å²) in [6.45, 7) is 0. The van der Waals surface area contributed by atoms with E-state index >= 15 is 0 Å². The molecule has 3 aromatic rings. The number of thiocarbonyl (C=S) groups is 1. The van der Waals surface area contributed by atoms with Crippen molar-refractivity contribution in [2.45, 2.75) is 50.2 Å². The molecule has 0 spiro atoms. The fraction of sp³-hybridized carbons (Fsp3) is 0.333. The Morgan fingerprint density at radius 3 is 2.50 bits per heavy atom. The Balaban J connectivity index is 1.60. The van der Waals surface area contributed by atoms with E-state index < -0.39 is 0 Å². The molecule has 1 aliphatic heterocycles. The zero-order chi connectivity index (χ0) is 20.5. The molecule has 5 rings (SSSR count). The first kappa shape index (κ1) is 19.1. The molecule has 2 N–H and O–H groups in total. The van der Waals surface area contributed by atoms with Crippen molar-refractivity contribution >= 4 is 17.3 Å². The van der Waals surface area contributed by atoms with Crippen LogP contribution in [-0.2, 0) is 0 Å². The molecule has 0 bridgehead atoms. The Morgan fingerprint density at radius 2 is 1.77 bits per heavy atom. The van der Waals surface area contributed by atoms with E-state index in [1.54, 1.807) is 12.1 Å². The van der Waals surface area contributed by atoms with Crippen LogP contribution in [0.2, 0.25) is 0 Å². The molecule has 3 heterocycles. The molecule has 0 radical (unpaired) electrons. The third-order valence-electron chi connectivity index (χ3n) is 6.31. The second kappa shape index (κ2) is 8.11. The van der Waals surface area contributed by atoms with E-state index in [4.69, 9.17) is 12.2 Å². The lowest BCUT2D eigenvalue weighted by atomic mass is 9.92. The summed E-state index contributed by atoms with van der Waals surface area (Å²) in [6, 6.07) is 18.2. The van der Waals surface area contributed by atoms with Crippen LogP contribution in [0.5, 0.6) is 5.75 Å². The largest absolute Gasteiger partial charge is 0.508 e. The summed E-state index contributed by atoms with van der Waals surface area (Å²) < 4.78 is 2.20. The van der Waals surface area contributed by atoms with Crippen molar-refractivity contribution in [3.63, 3.8) is 0 Å². The Labute approximate surface area is 182 Å². The van der Waals surface area contributed by atoms with Crippen LogP contribution >= 0.6 is 12.2 Å². The maximum absolute atomic E-state index is 9.72. The lowest BCUT2D eigenvalue weighted by Gasteiger charge is -2.37. The first-order chi connectivity index (χ1) is 14.7. The van der Waals surface area contributed by atoms with Gasteiger partial charge in [0, 0.05) is 29.8 Å². The number of nitrogens with one attached hydrogen (secondary N) is 1. The summed E-state index contributed by atoms with van der Waals surface area (Å²) in [5.41, 5.74) is 3.20. The number of nitrogens with zero attached hydrogens (tertiary/aromatic N) is 3. The fourth-order valence-corrected chi connectivity index (χ4v) is 5.31. The Bertz CT molecular complexity index is 1010. The zero-order valence-electron chi connectivity index (χ0n) is 16.8. The number of hydrogen-bond donors (Lipinski definition) is 2. The molecule has 0 unspecified atom stereocenters. The van der Waals surface area contributed by atoms with Gasteiger partial charge in [-0.1, -0.05) is 25.3 Å². The van der Waals surface area contributed by atoms with Gasteiger partial charge >= 0.3 is 0 Å². The fourth-order valence-electron chi connectivity index (χ4n) is 4.92. The SMILES string of the molecule is Oc1ccc(-n2cccc2[C@@H]2[C@H](c3ccccn3)NC(=S)N2C2CCCCC2)cc1. The van der Waals surface area contributed by atoms with Gasteiger partial charge in [-0.25, -0.2) is 0 Å². The molecule has 30 heavy (non-hydrogen) atoms. The van der Waals surface area contributed by atoms with Crippen molar-refractivity contribution in [2.24, 2.45) is 0 Å². The summed E-state index contributed by atoms with van der Waals surface area (Å²) >= 11 is 5.87. The molecule has 154 valence electrons. The van der Waals surface area contributed by atoms with Gasteiger partial charge in [0.15, 0.2) is 5.11 Å². The van der Waals surface area contributed by atoms with Gasteiger partial charge in [0.25, 0.3) is 0 Å². The van der Waals surface area contributed by atoms with Crippen molar-refractivity contribution in [1.82, 2.24) is 19.8 Å². The van der Waals surface area contributed by atoms with Crippen LogP contribution in [0, 0.1) is 0 Å². The average molecular weight is 419 g/mol. The van der Waals surface area contributed by atoms with Crippen molar-refractivity contribution in [2.75, 3.05) is 0 Å². The normalized spacial score (nSPS) is 22.3. The van der Waals surface area contributed by atoms with E-state index in [1.165, 1.54) is 37.8 Å². The van der Waals surface area contributed by atoms with Crippen LogP contribution in [0.25, 0.3) is 5.69 Å². The highest BCUT2D eigenvalue weighted by atomic mass is 32.1. The molecule has 2 aliphatic rings. The second-order valence-electron chi connectivity index (χ2n) is 8.15. The topological polar surface area (TPSA) is 53.3 Å². The summed E-state index contributed by atoms with van der Waals surface area (Å²) in [4.78, 5) is 7.09. The molecule has 6 heteroatoms. The zero-order valence-corrected chi connectivity index (χ0v) is 17.6. The molecule has 1 aromatic carbocycles. The minimum Gasteiger partial charge on any atom is -0.508 e. The Morgan fingerprint density at radius 1 is 0.967 bits per heavy atom. The van der Waals surface area contributed by atoms with E-state index in [1.807, 2.05) is 30.5 Å². The second-order valence-corrected chi connectivity index (χ2v) is 8.53. The summed E-state index contributed by atoms with van der Waals surface area (Å²) in [7, 11) is 0. The minimum absolute atomic E-state index is 0.00797. The summed E-state index contributed by atoms with van der Waals surface area (Å²) in [5, 5.41) is 14.1. The predicted molar refractivity (Wildman–Crippen MR) is 122 cm³/mol. The highest BCUT2D eigenvalue weighted by Crippen LogP contribution is 2.43. The number of benzene rings is 1. The molecular formula is C24H26N4OS. The molecule has 2 fully saturated rings. The number of rotatable bonds is 4. The van der Waals surface area contributed by atoms with Crippen molar-refractivity contribution < 1.29 is 5.11 Å². The minimum atomic E-state index is -0.00797. The lowest BCUT2D eigenvalue weighted by molar-refractivity contribution is 0.193. The van der Waals surface area contributed by atoms with Crippen LogP contribution in [0.1, 0.15) is 55.6 Å². The van der Waals surface area contributed by atoms with Crippen LogP contribution in [0.3, 0.4) is 0 Å². The maximum atomic E-state index is 9.72. The number of hydrogen-bond acceptors (Lipinski definition) is 3. The monoisotopic (exact) mass is 418 g/mol. The van der Waals surface area contributed by atoms with Crippen LogP contribution < -0.4 is 5.32 Å². The molecular weight excluding hydrogens is 392 g/mol. The molecule has 1 aliphatic carbocycles. The van der Waals surface area contributed by atoms with Gasteiger partial charge in [-0.05, 0) is 73.6 Å². The molecule has 2 aromatic heterocycles. The van der Waals surface area contributed by atoms with Gasteiger partial charge in [-0.2, -0.15) is 0 Å². The lowest BCUT2D eigenvalue weighted by Crippen LogP contribution is -2.40. The Hall–Kier alpha value is -2.86. The van der Waals surface area contributed by atoms with Gasteiger partial charge in [0.2, 0.25) is 0 Å². The predicted octanol–water partition coefficient (Wildman–Crippen LogP) is 4.88. The summed E-state index contributed by atoms with van der Waals surface area (Å²) in [6.07, 6.45) is 10.1. The maximum Gasteiger partial charge on any atom is 0.170 e.